The Kier molecular flexibility index (Phi) is 6.33. The topological polar surface area (TPSA) is 105 Å². The number of carbonyl (C=O) groups is 1. The average Bonchev–Trinajstić information content (AvgIpc) is 3.61. The van der Waals surface area contributed by atoms with E-state index in [-0.39, 0.29) is 34.6 Å². The summed E-state index contributed by atoms with van der Waals surface area (Å²) < 4.78 is 17.0. The molecule has 10 heteroatoms. The van der Waals surface area contributed by atoms with Crippen LogP contribution in [-0.2, 0) is 14.1 Å². The van der Waals surface area contributed by atoms with Crippen molar-refractivity contribution in [3.63, 3.8) is 0 Å². The van der Waals surface area contributed by atoms with Crippen LogP contribution in [0.1, 0.15) is 72.2 Å². The van der Waals surface area contributed by atoms with Crippen LogP contribution in [0.25, 0.3) is 0 Å². The molecule has 8 nitrogen and oxygen atoms in total. The minimum Gasteiger partial charge on any atom is -0.378 e. The number of hydrogen-bond acceptors (Lipinski definition) is 5. The highest BCUT2D eigenvalue weighted by Crippen LogP contribution is 2.54. The normalized spacial score (nSPS) is 31.3. The Morgan fingerprint density at radius 2 is 1.74 bits per heavy atom. The molecule has 204 valence electrons. The summed E-state index contributed by atoms with van der Waals surface area (Å²) in [6.07, 6.45) is 7.18. The van der Waals surface area contributed by atoms with E-state index in [2.05, 4.69) is 27.2 Å². The van der Waals surface area contributed by atoms with Gasteiger partial charge in [0.1, 0.15) is 22.7 Å². The molecule has 6 rings (SSSR count). The van der Waals surface area contributed by atoms with Crippen LogP contribution in [0.3, 0.4) is 0 Å². The van der Waals surface area contributed by atoms with Crippen LogP contribution in [0.2, 0.25) is 5.02 Å². The Bertz CT molecular complexity index is 1480. The lowest BCUT2D eigenvalue weighted by atomic mass is 9.69. The first kappa shape index (κ1) is 26.1. The van der Waals surface area contributed by atoms with Crippen molar-refractivity contribution in [2.24, 2.45) is 25.9 Å². The van der Waals surface area contributed by atoms with Crippen LogP contribution in [0, 0.1) is 29.5 Å². The summed E-state index contributed by atoms with van der Waals surface area (Å²) in [4.78, 5) is 17.7. The third kappa shape index (κ3) is 4.86. The number of halogens is 2. The summed E-state index contributed by atoms with van der Waals surface area (Å²) in [5, 5.41) is 29.1. The number of aliphatic hydroxyl groups is 2. The van der Waals surface area contributed by atoms with Crippen molar-refractivity contribution in [1.82, 2.24) is 19.3 Å². The standard InChI is InChI=1S/C29H31ClFN5O3/c1-35-16-32-25(26(35)27(37)34-21-3-4-23(31)22(30)11-21)17-9-18-12-28(38,13-19(18)10-17)6-7-29(39)14-20(15-29)24-5-8-33-36(24)2/h3-5,8,11,16-20,38-39H,9-10,12-15H2,1-2H3,(H,34,37). The van der Waals surface area contributed by atoms with E-state index in [4.69, 9.17) is 11.6 Å². The molecule has 3 aliphatic carbocycles. The van der Waals surface area contributed by atoms with Crippen LogP contribution in [0.15, 0.2) is 36.8 Å². The Morgan fingerprint density at radius 1 is 1.08 bits per heavy atom. The lowest BCUT2D eigenvalue weighted by Crippen LogP contribution is -2.42. The summed E-state index contributed by atoms with van der Waals surface area (Å²) in [5.74, 6) is 6.02. The van der Waals surface area contributed by atoms with Crippen LogP contribution in [0.4, 0.5) is 10.1 Å². The Labute approximate surface area is 231 Å². The summed E-state index contributed by atoms with van der Waals surface area (Å²) in [7, 11) is 3.67. The summed E-state index contributed by atoms with van der Waals surface area (Å²) in [5.41, 5.74) is 0.508. The highest BCUT2D eigenvalue weighted by atomic mass is 35.5. The number of carbonyl (C=O) groups excluding carboxylic acids is 1. The number of hydrogen-bond donors (Lipinski definition) is 3. The van der Waals surface area contributed by atoms with Crippen LogP contribution in [0.5, 0.6) is 0 Å². The van der Waals surface area contributed by atoms with Crippen molar-refractivity contribution in [1.29, 1.82) is 0 Å². The van der Waals surface area contributed by atoms with Gasteiger partial charge in [0.05, 0.1) is 17.0 Å². The predicted octanol–water partition coefficient (Wildman–Crippen LogP) is 4.15. The number of benzene rings is 1. The fourth-order valence-corrected chi connectivity index (χ4v) is 7.04. The first-order valence-electron chi connectivity index (χ1n) is 13.3. The van der Waals surface area contributed by atoms with Crippen molar-refractivity contribution in [3.05, 3.63) is 64.7 Å². The first-order chi connectivity index (χ1) is 18.5. The maximum Gasteiger partial charge on any atom is 0.274 e. The van der Waals surface area contributed by atoms with E-state index in [1.165, 1.54) is 18.2 Å². The fourth-order valence-electron chi connectivity index (χ4n) is 6.86. The highest BCUT2D eigenvalue weighted by Gasteiger charge is 2.50. The zero-order valence-corrected chi connectivity index (χ0v) is 22.6. The third-order valence-corrected chi connectivity index (χ3v) is 9.05. The number of anilines is 1. The van der Waals surface area contributed by atoms with Gasteiger partial charge in [-0.15, -0.1) is 0 Å². The molecule has 1 aromatic carbocycles. The molecule has 1 amide bonds. The van der Waals surface area contributed by atoms with Gasteiger partial charge in [-0.3, -0.25) is 9.48 Å². The molecular formula is C29H31ClFN5O3. The molecule has 2 heterocycles. The SMILES string of the molecule is Cn1cnc(C2CC3CC(O)(C#CC4(O)CC(c5ccnn5C)C4)CC3C2)c1C(=O)Nc1ccc(F)c(Cl)c1. The van der Waals surface area contributed by atoms with Gasteiger partial charge in [0.15, 0.2) is 0 Å². The van der Waals surface area contributed by atoms with Gasteiger partial charge < -0.3 is 20.1 Å². The van der Waals surface area contributed by atoms with Gasteiger partial charge in [-0.05, 0) is 74.6 Å². The van der Waals surface area contributed by atoms with Crippen molar-refractivity contribution < 1.29 is 19.4 Å². The van der Waals surface area contributed by atoms with E-state index < -0.39 is 17.0 Å². The van der Waals surface area contributed by atoms with Crippen molar-refractivity contribution >= 4 is 23.2 Å². The van der Waals surface area contributed by atoms with E-state index in [0.717, 1.165) is 24.2 Å². The van der Waals surface area contributed by atoms with Gasteiger partial charge in [0, 0.05) is 43.5 Å². The molecule has 3 fully saturated rings. The van der Waals surface area contributed by atoms with E-state index in [1.807, 2.05) is 17.8 Å². The average molecular weight is 552 g/mol. The first-order valence-corrected chi connectivity index (χ1v) is 13.6. The van der Waals surface area contributed by atoms with Crippen molar-refractivity contribution in [2.75, 3.05) is 5.32 Å². The van der Waals surface area contributed by atoms with Gasteiger partial charge in [0.2, 0.25) is 0 Å². The van der Waals surface area contributed by atoms with E-state index in [9.17, 15) is 19.4 Å². The molecule has 0 radical (unpaired) electrons. The lowest BCUT2D eigenvalue weighted by Gasteiger charge is -2.40. The van der Waals surface area contributed by atoms with E-state index in [0.29, 0.717) is 37.1 Å². The molecule has 0 spiro atoms. The second-order valence-electron chi connectivity index (χ2n) is 11.6. The fraction of sp³-hybridized carbons (Fsp3) is 0.483. The maximum atomic E-state index is 13.5. The lowest BCUT2D eigenvalue weighted by molar-refractivity contribution is 0.00258. The number of aryl methyl sites for hydroxylation is 2. The van der Waals surface area contributed by atoms with Crippen LogP contribution in [-0.4, -0.2) is 46.7 Å². The smallest absolute Gasteiger partial charge is 0.274 e. The monoisotopic (exact) mass is 551 g/mol. The molecule has 2 atom stereocenters. The predicted molar refractivity (Wildman–Crippen MR) is 144 cm³/mol. The van der Waals surface area contributed by atoms with Crippen LogP contribution < -0.4 is 5.32 Å². The van der Waals surface area contributed by atoms with Gasteiger partial charge >= 0.3 is 0 Å². The number of imidazole rings is 1. The number of fused-ring (bicyclic) bond motifs is 1. The Hall–Kier alpha value is -3.19. The van der Waals surface area contributed by atoms with E-state index >= 15 is 0 Å². The number of rotatable bonds is 4. The number of aromatic nitrogens is 4. The molecule has 3 N–H and O–H groups in total. The molecule has 39 heavy (non-hydrogen) atoms. The van der Waals surface area contributed by atoms with Crippen molar-refractivity contribution in [3.8, 4) is 11.8 Å². The summed E-state index contributed by atoms with van der Waals surface area (Å²) in [6, 6.07) is 6.03. The molecule has 3 aliphatic rings. The zero-order chi connectivity index (χ0) is 27.5. The van der Waals surface area contributed by atoms with Gasteiger partial charge in [-0.2, -0.15) is 5.10 Å². The van der Waals surface area contributed by atoms with Gasteiger partial charge in [-0.1, -0.05) is 23.4 Å². The van der Waals surface area contributed by atoms with Gasteiger partial charge in [0.25, 0.3) is 5.91 Å². The third-order valence-electron chi connectivity index (χ3n) is 8.76. The molecule has 2 aromatic heterocycles. The van der Waals surface area contributed by atoms with E-state index in [1.54, 1.807) is 24.1 Å². The second kappa shape index (κ2) is 9.47. The second-order valence-corrected chi connectivity index (χ2v) is 12.0. The highest BCUT2D eigenvalue weighted by molar-refractivity contribution is 6.31. The minimum absolute atomic E-state index is 0.0603. The van der Waals surface area contributed by atoms with Crippen LogP contribution >= 0.6 is 11.6 Å². The molecule has 3 aromatic rings. The zero-order valence-electron chi connectivity index (χ0n) is 21.9. The molecule has 0 saturated heterocycles. The molecule has 3 saturated carbocycles. The van der Waals surface area contributed by atoms with Crippen molar-refractivity contribution in [2.45, 2.75) is 61.6 Å². The maximum absolute atomic E-state index is 13.5. The Balaban J connectivity index is 1.10. The number of amides is 1. The largest absolute Gasteiger partial charge is 0.378 e. The summed E-state index contributed by atoms with van der Waals surface area (Å²) in [6.45, 7) is 0. The number of nitrogens with zero attached hydrogens (tertiary/aromatic N) is 4. The Morgan fingerprint density at radius 3 is 2.36 bits per heavy atom. The molecular weight excluding hydrogens is 521 g/mol. The molecule has 0 bridgehead atoms. The quantitative estimate of drug-likeness (QED) is 0.423. The minimum atomic E-state index is -1.11. The molecule has 0 aliphatic heterocycles. The van der Waals surface area contributed by atoms with Gasteiger partial charge in [-0.25, -0.2) is 9.37 Å². The number of nitrogens with one attached hydrogen (secondary N) is 1. The summed E-state index contributed by atoms with van der Waals surface area (Å²) >= 11 is 5.87. The molecule has 2 unspecified atom stereocenters.